The van der Waals surface area contributed by atoms with E-state index in [1.165, 1.54) is 4.31 Å². The van der Waals surface area contributed by atoms with Gasteiger partial charge in [-0.2, -0.15) is 0 Å². The van der Waals surface area contributed by atoms with E-state index >= 15 is 0 Å². The van der Waals surface area contributed by atoms with Crippen molar-refractivity contribution in [3.8, 4) is 5.75 Å². The number of para-hydroxylation sites is 1. The zero-order valence-corrected chi connectivity index (χ0v) is 22.8. The Morgan fingerprint density at radius 1 is 1.03 bits per heavy atom. The number of carbonyl (C=O) groups excluding carboxylic acids is 2. The van der Waals surface area contributed by atoms with Gasteiger partial charge in [-0.1, -0.05) is 44.2 Å². The molecule has 0 spiro atoms. The zero-order chi connectivity index (χ0) is 26.7. The first-order valence-electron chi connectivity index (χ1n) is 12.4. The van der Waals surface area contributed by atoms with Gasteiger partial charge in [0.15, 0.2) is 0 Å². The number of sulfonamides is 1. The summed E-state index contributed by atoms with van der Waals surface area (Å²) >= 11 is 0. The molecule has 8 nitrogen and oxygen atoms in total. The predicted octanol–water partition coefficient (Wildman–Crippen LogP) is 3.96. The first-order chi connectivity index (χ1) is 17.1. The second-order valence-electron chi connectivity index (χ2n) is 8.89. The molecule has 0 unspecified atom stereocenters. The van der Waals surface area contributed by atoms with Gasteiger partial charge in [0.2, 0.25) is 21.8 Å². The monoisotopic (exact) mass is 517 g/mol. The van der Waals surface area contributed by atoms with Crippen molar-refractivity contribution in [2.75, 3.05) is 24.2 Å². The fraction of sp³-hybridized carbons (Fsp3) is 0.481. The number of benzene rings is 2. The molecule has 0 aromatic heterocycles. The van der Waals surface area contributed by atoms with Crippen LogP contribution < -0.4 is 14.4 Å². The third-order valence-corrected chi connectivity index (χ3v) is 7.26. The molecular weight excluding hydrogens is 478 g/mol. The van der Waals surface area contributed by atoms with Gasteiger partial charge in [0.1, 0.15) is 11.8 Å². The molecule has 1 N–H and O–H groups in total. The molecule has 0 fully saturated rings. The number of nitrogens with zero attached hydrogens (tertiary/aromatic N) is 2. The third kappa shape index (κ3) is 8.55. The SMILES string of the molecule is CC[C@H](C(=O)N[C@@H](C)CC)N(Cc1cccc(OC)c1)C(=O)CCCN(c1ccccc1)S(C)(=O)=O. The maximum absolute atomic E-state index is 13.5. The Hall–Kier alpha value is -3.07. The summed E-state index contributed by atoms with van der Waals surface area (Å²) in [6.07, 6.45) is 2.82. The van der Waals surface area contributed by atoms with Gasteiger partial charge in [0.05, 0.1) is 19.1 Å². The van der Waals surface area contributed by atoms with Crippen molar-refractivity contribution < 1.29 is 22.7 Å². The van der Waals surface area contributed by atoms with Crippen molar-refractivity contribution in [3.05, 3.63) is 60.2 Å². The largest absolute Gasteiger partial charge is 0.497 e. The third-order valence-electron chi connectivity index (χ3n) is 6.07. The maximum atomic E-state index is 13.5. The van der Waals surface area contributed by atoms with Gasteiger partial charge in [-0.3, -0.25) is 13.9 Å². The maximum Gasteiger partial charge on any atom is 0.243 e. The fourth-order valence-electron chi connectivity index (χ4n) is 3.93. The second kappa shape index (κ2) is 13.9. The van der Waals surface area contributed by atoms with Crippen molar-refractivity contribution in [2.24, 2.45) is 0 Å². The minimum Gasteiger partial charge on any atom is -0.497 e. The van der Waals surface area contributed by atoms with E-state index in [0.717, 1.165) is 18.2 Å². The molecular formula is C27H39N3O5S. The van der Waals surface area contributed by atoms with Crippen LogP contribution in [0.1, 0.15) is 52.0 Å². The number of hydrogen-bond acceptors (Lipinski definition) is 5. The predicted molar refractivity (Wildman–Crippen MR) is 143 cm³/mol. The number of nitrogens with one attached hydrogen (secondary N) is 1. The molecule has 9 heteroatoms. The van der Waals surface area contributed by atoms with Crippen LogP contribution in [0, 0.1) is 0 Å². The number of anilines is 1. The summed E-state index contributed by atoms with van der Waals surface area (Å²) in [7, 11) is -1.93. The summed E-state index contributed by atoms with van der Waals surface area (Å²) in [5.74, 6) is 0.277. The molecule has 0 heterocycles. The summed E-state index contributed by atoms with van der Waals surface area (Å²) in [4.78, 5) is 28.2. The van der Waals surface area contributed by atoms with Crippen molar-refractivity contribution >= 4 is 27.5 Å². The summed E-state index contributed by atoms with van der Waals surface area (Å²) < 4.78 is 31.4. The Labute approximate surface area is 215 Å². The van der Waals surface area contributed by atoms with Crippen molar-refractivity contribution in [1.82, 2.24) is 10.2 Å². The summed E-state index contributed by atoms with van der Waals surface area (Å²) in [5, 5.41) is 2.99. The molecule has 0 aliphatic heterocycles. The summed E-state index contributed by atoms with van der Waals surface area (Å²) in [6.45, 7) is 6.22. The molecule has 2 atom stereocenters. The molecule has 2 aromatic carbocycles. The zero-order valence-electron chi connectivity index (χ0n) is 21.9. The average molecular weight is 518 g/mol. The molecule has 36 heavy (non-hydrogen) atoms. The van der Waals surface area contributed by atoms with Crippen LogP contribution in [0.15, 0.2) is 54.6 Å². The smallest absolute Gasteiger partial charge is 0.243 e. The van der Waals surface area contributed by atoms with Crippen LogP contribution in [0.4, 0.5) is 5.69 Å². The number of carbonyl (C=O) groups is 2. The quantitative estimate of drug-likeness (QED) is 0.409. The van der Waals surface area contributed by atoms with Gasteiger partial charge in [0, 0.05) is 25.6 Å². The Morgan fingerprint density at radius 2 is 1.72 bits per heavy atom. The Kier molecular flexibility index (Phi) is 11.2. The number of hydrogen-bond donors (Lipinski definition) is 1. The summed E-state index contributed by atoms with van der Waals surface area (Å²) in [6, 6.07) is 15.6. The minimum atomic E-state index is -3.51. The topological polar surface area (TPSA) is 96.0 Å². The highest BCUT2D eigenvalue weighted by Gasteiger charge is 2.29. The van der Waals surface area contributed by atoms with Gasteiger partial charge in [-0.25, -0.2) is 8.42 Å². The minimum absolute atomic E-state index is 0.00508. The first kappa shape index (κ1) is 29.2. The van der Waals surface area contributed by atoms with Crippen molar-refractivity contribution in [1.29, 1.82) is 0 Å². The summed E-state index contributed by atoms with van der Waals surface area (Å²) in [5.41, 5.74) is 1.40. The van der Waals surface area contributed by atoms with Crippen LogP contribution in [-0.4, -0.2) is 57.1 Å². The van der Waals surface area contributed by atoms with E-state index in [1.54, 1.807) is 36.3 Å². The highest BCUT2D eigenvalue weighted by molar-refractivity contribution is 7.92. The lowest BCUT2D eigenvalue weighted by molar-refractivity contribution is -0.141. The van der Waals surface area contributed by atoms with E-state index in [1.807, 2.05) is 51.1 Å². The highest BCUT2D eigenvalue weighted by Crippen LogP contribution is 2.20. The Balaban J connectivity index is 2.23. The van der Waals surface area contributed by atoms with E-state index < -0.39 is 16.1 Å². The van der Waals surface area contributed by atoms with Gasteiger partial charge >= 0.3 is 0 Å². The van der Waals surface area contributed by atoms with Gasteiger partial charge < -0.3 is 15.0 Å². The van der Waals surface area contributed by atoms with Crippen molar-refractivity contribution in [3.63, 3.8) is 0 Å². The lowest BCUT2D eigenvalue weighted by Gasteiger charge is -2.32. The van der Waals surface area contributed by atoms with Crippen LogP contribution >= 0.6 is 0 Å². The molecule has 0 radical (unpaired) electrons. The lowest BCUT2D eigenvalue weighted by atomic mass is 10.1. The van der Waals surface area contributed by atoms with Gasteiger partial charge in [0.25, 0.3) is 0 Å². The van der Waals surface area contributed by atoms with Gasteiger partial charge in [-0.15, -0.1) is 0 Å². The van der Waals surface area contributed by atoms with E-state index in [4.69, 9.17) is 4.74 Å². The average Bonchev–Trinajstić information content (AvgIpc) is 2.86. The van der Waals surface area contributed by atoms with Crippen LogP contribution in [0.25, 0.3) is 0 Å². The van der Waals surface area contributed by atoms with Gasteiger partial charge in [-0.05, 0) is 56.0 Å². The van der Waals surface area contributed by atoms with E-state index in [9.17, 15) is 18.0 Å². The Bertz CT molecular complexity index is 1090. The van der Waals surface area contributed by atoms with E-state index in [0.29, 0.717) is 24.3 Å². The molecule has 0 aliphatic carbocycles. The number of methoxy groups -OCH3 is 1. The normalized spacial score (nSPS) is 12.9. The Morgan fingerprint density at radius 3 is 2.31 bits per heavy atom. The molecule has 0 aliphatic rings. The number of ether oxygens (including phenoxy) is 1. The van der Waals surface area contributed by atoms with Crippen LogP contribution in [0.3, 0.4) is 0 Å². The highest BCUT2D eigenvalue weighted by atomic mass is 32.2. The molecule has 0 bridgehead atoms. The first-order valence-corrected chi connectivity index (χ1v) is 14.2. The fourth-order valence-corrected chi connectivity index (χ4v) is 4.89. The molecule has 2 amide bonds. The molecule has 2 rings (SSSR count). The molecule has 0 saturated carbocycles. The van der Waals surface area contributed by atoms with Crippen LogP contribution in [0.2, 0.25) is 0 Å². The standard InChI is InChI=1S/C27H39N3O5S/c1-6-21(3)28-27(32)25(7-2)29(20-22-13-11-16-24(19-22)35-4)26(31)17-12-18-30(36(5,33)34)23-14-9-8-10-15-23/h8-11,13-16,19,21,25H,6-7,12,17-18,20H2,1-5H3,(H,28,32)/t21-,25+/m0/s1. The van der Waals surface area contributed by atoms with Crippen molar-refractivity contribution in [2.45, 2.75) is 65.1 Å². The number of amides is 2. The molecule has 2 aromatic rings. The molecule has 198 valence electrons. The molecule has 0 saturated heterocycles. The lowest BCUT2D eigenvalue weighted by Crippen LogP contribution is -2.50. The van der Waals surface area contributed by atoms with E-state index in [-0.39, 0.29) is 37.4 Å². The number of rotatable bonds is 14. The van der Waals surface area contributed by atoms with Crippen LogP contribution in [0.5, 0.6) is 5.75 Å². The second-order valence-corrected chi connectivity index (χ2v) is 10.8. The van der Waals surface area contributed by atoms with E-state index in [2.05, 4.69) is 5.32 Å². The van der Waals surface area contributed by atoms with Crippen LogP contribution in [-0.2, 0) is 26.2 Å².